The molecule has 2 aromatic carbocycles. The Morgan fingerprint density at radius 3 is 2.48 bits per heavy atom. The Bertz CT molecular complexity index is 938. The van der Waals surface area contributed by atoms with Crippen LogP contribution in [0.2, 0.25) is 0 Å². The molecule has 0 aliphatic carbocycles. The first-order chi connectivity index (χ1) is 12.9. The maximum Gasteiger partial charge on any atom is 0.288 e. The summed E-state index contributed by atoms with van der Waals surface area (Å²) in [7, 11) is -3.70. The van der Waals surface area contributed by atoms with Crippen LogP contribution in [-0.2, 0) is 16.4 Å². The zero-order chi connectivity index (χ0) is 19.4. The summed E-state index contributed by atoms with van der Waals surface area (Å²) in [6, 6.07) is 12.2. The molecule has 1 aliphatic rings. The summed E-state index contributed by atoms with van der Waals surface area (Å²) in [4.78, 5) is 12.5. The summed E-state index contributed by atoms with van der Waals surface area (Å²) < 4.78 is 23.8. The molecular formula is C19H23N3O4S. The van der Waals surface area contributed by atoms with E-state index in [1.807, 2.05) is 18.2 Å². The average Bonchev–Trinajstić information content (AvgIpc) is 2.66. The third kappa shape index (κ3) is 4.57. The number of nitro benzene ring substituents is 1. The van der Waals surface area contributed by atoms with Crippen molar-refractivity contribution in [2.45, 2.75) is 30.7 Å². The van der Waals surface area contributed by atoms with Crippen molar-refractivity contribution in [3.63, 3.8) is 0 Å². The predicted octanol–water partition coefficient (Wildman–Crippen LogP) is 3.60. The second kappa shape index (κ2) is 7.96. The first kappa shape index (κ1) is 19.2. The molecule has 2 aromatic rings. The largest absolute Gasteiger partial charge is 0.381 e. The third-order valence-corrected chi connectivity index (χ3v) is 5.85. The number of benzene rings is 2. The number of sulfone groups is 1. The normalized spacial score (nSPS) is 14.8. The van der Waals surface area contributed by atoms with E-state index in [1.54, 1.807) is 0 Å². The van der Waals surface area contributed by atoms with Gasteiger partial charge in [-0.3, -0.25) is 10.1 Å². The fourth-order valence-electron chi connectivity index (χ4n) is 3.37. The van der Waals surface area contributed by atoms with Crippen molar-refractivity contribution in [3.8, 4) is 0 Å². The average molecular weight is 389 g/mol. The van der Waals surface area contributed by atoms with Gasteiger partial charge in [-0.05, 0) is 43.0 Å². The molecule has 0 bridgehead atoms. The minimum atomic E-state index is -3.70. The standard InChI is InChI=1S/C19H23N3O4S/c1-27(25,26)19-13-16(9-10-18(19)22(23)24)20-14-15-7-3-4-8-17(15)21-11-5-2-6-12-21/h3-4,7-10,13,20H,2,5-6,11-12,14H2,1H3. The van der Waals surface area contributed by atoms with Crippen LogP contribution in [0.25, 0.3) is 0 Å². The van der Waals surface area contributed by atoms with Crippen LogP contribution >= 0.6 is 0 Å². The summed E-state index contributed by atoms with van der Waals surface area (Å²) in [5, 5.41) is 14.3. The van der Waals surface area contributed by atoms with Gasteiger partial charge >= 0.3 is 0 Å². The molecule has 0 saturated carbocycles. The Morgan fingerprint density at radius 2 is 1.81 bits per heavy atom. The van der Waals surface area contributed by atoms with Gasteiger partial charge in [0.2, 0.25) is 0 Å². The van der Waals surface area contributed by atoms with Gasteiger partial charge in [0.1, 0.15) is 4.90 Å². The van der Waals surface area contributed by atoms with Crippen LogP contribution in [0, 0.1) is 10.1 Å². The number of piperidine rings is 1. The molecule has 0 atom stereocenters. The quantitative estimate of drug-likeness (QED) is 0.599. The molecule has 0 spiro atoms. The highest BCUT2D eigenvalue weighted by Crippen LogP contribution is 2.29. The molecule has 1 N–H and O–H groups in total. The molecule has 0 aromatic heterocycles. The SMILES string of the molecule is CS(=O)(=O)c1cc(NCc2ccccc2N2CCCCC2)ccc1[N+](=O)[O-]. The first-order valence-corrected chi connectivity index (χ1v) is 10.8. The van der Waals surface area contributed by atoms with Crippen molar-refractivity contribution in [2.24, 2.45) is 0 Å². The first-order valence-electron chi connectivity index (χ1n) is 8.91. The number of para-hydroxylation sites is 1. The van der Waals surface area contributed by atoms with Crippen LogP contribution in [-0.4, -0.2) is 32.7 Å². The Labute approximate surface area is 159 Å². The summed E-state index contributed by atoms with van der Waals surface area (Å²) in [5.41, 5.74) is 2.42. The molecule has 1 heterocycles. The van der Waals surface area contributed by atoms with E-state index in [-0.39, 0.29) is 4.90 Å². The summed E-state index contributed by atoms with van der Waals surface area (Å²) >= 11 is 0. The van der Waals surface area contributed by atoms with Crippen molar-refractivity contribution in [1.29, 1.82) is 0 Å². The van der Waals surface area contributed by atoms with E-state index >= 15 is 0 Å². The lowest BCUT2D eigenvalue weighted by Gasteiger charge is -2.30. The second-order valence-electron chi connectivity index (χ2n) is 6.74. The van der Waals surface area contributed by atoms with Crippen molar-refractivity contribution in [2.75, 3.05) is 29.6 Å². The van der Waals surface area contributed by atoms with Crippen molar-refractivity contribution in [1.82, 2.24) is 0 Å². The molecule has 0 unspecified atom stereocenters. The molecular weight excluding hydrogens is 366 g/mol. The van der Waals surface area contributed by atoms with Crippen molar-refractivity contribution >= 4 is 26.9 Å². The molecule has 1 fully saturated rings. The van der Waals surface area contributed by atoms with Gasteiger partial charge in [-0.2, -0.15) is 0 Å². The molecule has 0 amide bonds. The van der Waals surface area contributed by atoms with Crippen molar-refractivity contribution < 1.29 is 13.3 Å². The maximum atomic E-state index is 11.9. The van der Waals surface area contributed by atoms with Gasteiger partial charge in [0.25, 0.3) is 5.69 Å². The van der Waals surface area contributed by atoms with Gasteiger partial charge in [-0.15, -0.1) is 0 Å². The van der Waals surface area contributed by atoms with E-state index in [0.29, 0.717) is 12.2 Å². The Hall–Kier alpha value is -2.61. The van der Waals surface area contributed by atoms with E-state index in [0.717, 1.165) is 24.9 Å². The number of anilines is 2. The minimum absolute atomic E-state index is 0.276. The number of nitrogens with one attached hydrogen (secondary N) is 1. The van der Waals surface area contributed by atoms with Gasteiger partial charge < -0.3 is 10.2 Å². The lowest BCUT2D eigenvalue weighted by Crippen LogP contribution is -2.30. The number of nitro groups is 1. The second-order valence-corrected chi connectivity index (χ2v) is 8.73. The van der Waals surface area contributed by atoms with Crippen LogP contribution in [0.3, 0.4) is 0 Å². The zero-order valence-corrected chi connectivity index (χ0v) is 16.0. The zero-order valence-electron chi connectivity index (χ0n) is 15.2. The monoisotopic (exact) mass is 389 g/mol. The maximum absolute atomic E-state index is 11.9. The highest BCUT2D eigenvalue weighted by molar-refractivity contribution is 7.90. The van der Waals surface area contributed by atoms with Gasteiger partial charge in [0, 0.05) is 43.3 Å². The van der Waals surface area contributed by atoms with Crippen LogP contribution in [0.15, 0.2) is 47.4 Å². The van der Waals surface area contributed by atoms with E-state index in [2.05, 4.69) is 16.3 Å². The van der Waals surface area contributed by atoms with Gasteiger partial charge in [-0.25, -0.2) is 8.42 Å². The van der Waals surface area contributed by atoms with E-state index in [1.165, 1.54) is 43.1 Å². The fourth-order valence-corrected chi connectivity index (χ4v) is 4.24. The van der Waals surface area contributed by atoms with Gasteiger partial charge in [0.05, 0.1) is 4.92 Å². The smallest absolute Gasteiger partial charge is 0.288 e. The van der Waals surface area contributed by atoms with E-state index in [9.17, 15) is 18.5 Å². The van der Waals surface area contributed by atoms with Crippen LogP contribution in [0.5, 0.6) is 0 Å². The Morgan fingerprint density at radius 1 is 1.11 bits per heavy atom. The summed E-state index contributed by atoms with van der Waals surface area (Å²) in [6.45, 7) is 2.58. The molecule has 0 radical (unpaired) electrons. The van der Waals surface area contributed by atoms with E-state index < -0.39 is 20.4 Å². The fraction of sp³-hybridized carbons (Fsp3) is 0.368. The van der Waals surface area contributed by atoms with Crippen LogP contribution in [0.4, 0.5) is 17.1 Å². The molecule has 27 heavy (non-hydrogen) atoms. The highest BCUT2D eigenvalue weighted by Gasteiger charge is 2.22. The Kier molecular flexibility index (Phi) is 5.65. The molecule has 7 nitrogen and oxygen atoms in total. The molecule has 1 aliphatic heterocycles. The van der Waals surface area contributed by atoms with Gasteiger partial charge in [-0.1, -0.05) is 18.2 Å². The molecule has 8 heteroatoms. The molecule has 144 valence electrons. The summed E-state index contributed by atoms with van der Waals surface area (Å²) in [6.07, 6.45) is 4.60. The van der Waals surface area contributed by atoms with Crippen LogP contribution < -0.4 is 10.2 Å². The number of nitrogens with zero attached hydrogens (tertiary/aromatic N) is 2. The predicted molar refractivity (Wildman–Crippen MR) is 106 cm³/mol. The highest BCUT2D eigenvalue weighted by atomic mass is 32.2. The topological polar surface area (TPSA) is 92.6 Å². The van der Waals surface area contributed by atoms with E-state index in [4.69, 9.17) is 0 Å². The molecule has 1 saturated heterocycles. The molecule has 3 rings (SSSR count). The minimum Gasteiger partial charge on any atom is -0.381 e. The number of hydrogen-bond donors (Lipinski definition) is 1. The van der Waals surface area contributed by atoms with Crippen molar-refractivity contribution in [3.05, 3.63) is 58.1 Å². The van der Waals surface area contributed by atoms with Crippen LogP contribution in [0.1, 0.15) is 24.8 Å². The summed E-state index contributed by atoms with van der Waals surface area (Å²) in [5.74, 6) is 0. The lowest BCUT2D eigenvalue weighted by molar-refractivity contribution is -0.387. The third-order valence-electron chi connectivity index (χ3n) is 4.73. The number of rotatable bonds is 6. The van der Waals surface area contributed by atoms with Gasteiger partial charge in [0.15, 0.2) is 9.84 Å². The number of hydrogen-bond acceptors (Lipinski definition) is 6. The lowest BCUT2D eigenvalue weighted by atomic mass is 10.1. The Balaban J connectivity index is 1.82.